The van der Waals surface area contributed by atoms with Gasteiger partial charge in [-0.3, -0.25) is 4.79 Å². The number of aromatic hydroxyl groups is 1. The summed E-state index contributed by atoms with van der Waals surface area (Å²) in [4.78, 5) is 10.9. The molecule has 1 aliphatic carbocycles. The zero-order chi connectivity index (χ0) is 30.7. The number of carbonyl (C=O) groups excluding carboxylic acids is 1. The third-order valence-corrected chi connectivity index (χ3v) is 8.13. The highest BCUT2D eigenvalue weighted by Crippen LogP contribution is 2.47. The van der Waals surface area contributed by atoms with Crippen molar-refractivity contribution in [3.63, 3.8) is 0 Å². The minimum Gasteiger partial charge on any atom is -0.502 e. The molecule has 13 heteroatoms. The first kappa shape index (κ1) is 33.6. The van der Waals surface area contributed by atoms with Gasteiger partial charge in [0.05, 0.1) is 33.5 Å². The summed E-state index contributed by atoms with van der Waals surface area (Å²) < 4.78 is 49.3. The normalized spacial score (nSPS) is 31.6. The Morgan fingerprint density at radius 1 is 1.00 bits per heavy atom. The molecule has 4 aliphatic rings. The van der Waals surface area contributed by atoms with Crippen LogP contribution in [0.4, 0.5) is 0 Å². The molecule has 0 aromatic heterocycles. The number of carbonyl (C=O) groups is 1. The fraction of sp³-hybridized carbons (Fsp3) is 0.581. The van der Waals surface area contributed by atoms with Crippen LogP contribution < -0.4 is 18.9 Å². The van der Waals surface area contributed by atoms with Crippen molar-refractivity contribution in [1.29, 1.82) is 0 Å². The molecule has 3 N–H and O–H groups in total. The summed E-state index contributed by atoms with van der Waals surface area (Å²) in [6.07, 6.45) is -5.30. The predicted molar refractivity (Wildman–Crippen MR) is 154 cm³/mol. The topological polar surface area (TPSA) is 161 Å². The van der Waals surface area contributed by atoms with Crippen LogP contribution in [0, 0.1) is 11.8 Å². The smallest absolute Gasteiger partial charge is 0.293 e. The van der Waals surface area contributed by atoms with Crippen LogP contribution in [-0.2, 0) is 34.9 Å². The summed E-state index contributed by atoms with van der Waals surface area (Å²) >= 11 is 0. The molecule has 2 aromatic carbocycles. The Kier molecular flexibility index (Phi) is 11.2. The molecule has 2 saturated heterocycles. The fourth-order valence-electron chi connectivity index (χ4n) is 5.83. The molecule has 9 unspecified atom stereocenters. The zero-order valence-corrected chi connectivity index (χ0v) is 24.4. The maximum atomic E-state index is 10.9. The van der Waals surface area contributed by atoms with Crippen molar-refractivity contribution in [2.24, 2.45) is 11.8 Å². The van der Waals surface area contributed by atoms with Gasteiger partial charge in [0.25, 0.3) is 6.47 Å². The number of fused-ring (bicyclic) bond motifs is 3. The summed E-state index contributed by atoms with van der Waals surface area (Å²) in [6.45, 7) is 4.69. The minimum absolute atomic E-state index is 0. The van der Waals surface area contributed by atoms with Crippen LogP contribution in [0.5, 0.6) is 28.7 Å². The number of phenols is 1. The van der Waals surface area contributed by atoms with Crippen molar-refractivity contribution in [3.8, 4) is 28.7 Å². The van der Waals surface area contributed by atoms with E-state index in [0.717, 1.165) is 17.5 Å². The van der Waals surface area contributed by atoms with Crippen molar-refractivity contribution in [2.45, 2.75) is 70.8 Å². The molecule has 0 spiro atoms. The van der Waals surface area contributed by atoms with Gasteiger partial charge in [-0.05, 0) is 54.7 Å². The largest absolute Gasteiger partial charge is 0.502 e. The van der Waals surface area contributed by atoms with Crippen LogP contribution in [0.3, 0.4) is 0 Å². The van der Waals surface area contributed by atoms with Gasteiger partial charge >= 0.3 is 0 Å². The number of methoxy groups -OCH3 is 2. The average molecular weight is 623 g/mol. The summed E-state index contributed by atoms with van der Waals surface area (Å²) in [5.41, 5.74) is 1.88. The van der Waals surface area contributed by atoms with E-state index in [9.17, 15) is 20.1 Å². The first-order chi connectivity index (χ1) is 20.7. The molecular formula is C31H42O13. The van der Waals surface area contributed by atoms with Crippen LogP contribution in [-0.4, -0.2) is 93.0 Å². The summed E-state index contributed by atoms with van der Waals surface area (Å²) in [6, 6.07) is 8.88. The highest BCUT2D eigenvalue weighted by atomic mass is 16.8. The third kappa shape index (κ3) is 6.82. The van der Waals surface area contributed by atoms with E-state index in [1.54, 1.807) is 25.1 Å². The molecule has 2 aromatic rings. The molecule has 6 rings (SSSR count). The van der Waals surface area contributed by atoms with Gasteiger partial charge in [0.2, 0.25) is 12.5 Å². The third-order valence-electron chi connectivity index (χ3n) is 8.13. The van der Waals surface area contributed by atoms with Crippen molar-refractivity contribution in [3.05, 3.63) is 41.5 Å². The molecular weight excluding hydrogens is 580 g/mol. The van der Waals surface area contributed by atoms with Gasteiger partial charge in [-0.15, -0.1) is 0 Å². The van der Waals surface area contributed by atoms with Crippen LogP contribution in [0.25, 0.3) is 0 Å². The second kappa shape index (κ2) is 14.6. The highest BCUT2D eigenvalue weighted by Gasteiger charge is 2.50. The molecule has 0 amide bonds. The van der Waals surface area contributed by atoms with E-state index in [1.165, 1.54) is 14.2 Å². The molecule has 9 atom stereocenters. The Bertz CT molecular complexity index is 1230. The monoisotopic (exact) mass is 622 g/mol. The van der Waals surface area contributed by atoms with Crippen molar-refractivity contribution < 1.29 is 62.7 Å². The maximum absolute atomic E-state index is 10.9. The fourth-order valence-corrected chi connectivity index (χ4v) is 5.83. The van der Waals surface area contributed by atoms with Crippen molar-refractivity contribution in [1.82, 2.24) is 0 Å². The van der Waals surface area contributed by atoms with E-state index in [0.29, 0.717) is 29.5 Å². The van der Waals surface area contributed by atoms with Crippen molar-refractivity contribution in [2.75, 3.05) is 34.2 Å². The molecule has 0 bridgehead atoms. The molecule has 2 fully saturated rings. The van der Waals surface area contributed by atoms with Gasteiger partial charge in [0, 0.05) is 5.92 Å². The lowest BCUT2D eigenvalue weighted by Gasteiger charge is -2.47. The van der Waals surface area contributed by atoms with Crippen LogP contribution >= 0.6 is 0 Å². The standard InChI is InChI=1S/C22H28O10.C8H10O3.CH4/c1-10-3-12-4-15-16(29-9-28-15)5-13(12)20(14(10)6-26-8-23)32-22-19(25)18(24)21-17(31-22)7-27-11(2)30-21;1-10-6-4-3-5-7(11-2)8(6)9;/h4-5,8,10-11,14,17-22,24-25H,3,6-7,9H2,1-2H3;3-5,9H,1-2H3;1H4. The molecule has 0 radical (unpaired) electrons. The highest BCUT2D eigenvalue weighted by molar-refractivity contribution is 5.51. The predicted octanol–water partition coefficient (Wildman–Crippen LogP) is 2.71. The molecule has 3 aliphatic heterocycles. The number of aliphatic hydroxyl groups is 2. The van der Waals surface area contributed by atoms with Gasteiger partial charge in [0.1, 0.15) is 24.4 Å². The average Bonchev–Trinajstić information content (AvgIpc) is 3.46. The number of hydrogen-bond acceptors (Lipinski definition) is 13. The van der Waals surface area contributed by atoms with Crippen LogP contribution in [0.15, 0.2) is 30.3 Å². The number of hydrogen-bond donors (Lipinski definition) is 3. The van der Waals surface area contributed by atoms with E-state index in [2.05, 4.69) is 6.92 Å². The van der Waals surface area contributed by atoms with E-state index in [4.69, 9.17) is 42.6 Å². The van der Waals surface area contributed by atoms with E-state index in [1.807, 2.05) is 12.1 Å². The quantitative estimate of drug-likeness (QED) is 0.387. The summed E-state index contributed by atoms with van der Waals surface area (Å²) in [5, 5.41) is 30.8. The Morgan fingerprint density at radius 3 is 2.34 bits per heavy atom. The van der Waals surface area contributed by atoms with Gasteiger partial charge in [-0.25, -0.2) is 0 Å². The lowest BCUT2D eigenvalue weighted by Crippen LogP contribution is -2.63. The van der Waals surface area contributed by atoms with E-state index < -0.39 is 43.1 Å². The summed E-state index contributed by atoms with van der Waals surface area (Å²) in [7, 11) is 2.99. The Hall–Kier alpha value is -3.33. The van der Waals surface area contributed by atoms with Gasteiger partial charge in [-0.1, -0.05) is 20.4 Å². The Labute approximate surface area is 256 Å². The molecule has 13 nitrogen and oxygen atoms in total. The second-order valence-electron chi connectivity index (χ2n) is 10.8. The summed E-state index contributed by atoms with van der Waals surface area (Å²) in [5.74, 6) is 2.07. The lowest BCUT2D eigenvalue weighted by atomic mass is 9.74. The number of phenolic OH excluding ortho intramolecular Hbond substituents is 1. The Morgan fingerprint density at radius 2 is 1.68 bits per heavy atom. The van der Waals surface area contributed by atoms with Gasteiger partial charge in [-0.2, -0.15) is 0 Å². The van der Waals surface area contributed by atoms with Crippen LogP contribution in [0.2, 0.25) is 0 Å². The second-order valence-corrected chi connectivity index (χ2v) is 10.8. The van der Waals surface area contributed by atoms with Gasteiger partial charge < -0.3 is 58.0 Å². The lowest BCUT2D eigenvalue weighted by molar-refractivity contribution is -0.365. The van der Waals surface area contributed by atoms with E-state index >= 15 is 0 Å². The Balaban J connectivity index is 0.000000313. The number of ether oxygens (including phenoxy) is 9. The van der Waals surface area contributed by atoms with Gasteiger partial charge in [0.15, 0.2) is 35.6 Å². The molecule has 3 heterocycles. The first-order valence-electron chi connectivity index (χ1n) is 14.1. The number of rotatable bonds is 7. The van der Waals surface area contributed by atoms with E-state index in [-0.39, 0.29) is 45.0 Å². The van der Waals surface area contributed by atoms with Crippen LogP contribution in [0.1, 0.15) is 38.5 Å². The minimum atomic E-state index is -1.33. The number of benzene rings is 2. The van der Waals surface area contributed by atoms with Crippen molar-refractivity contribution >= 4 is 6.47 Å². The zero-order valence-electron chi connectivity index (χ0n) is 24.4. The molecule has 0 saturated carbocycles. The number of aliphatic hydroxyl groups excluding tert-OH is 2. The first-order valence-corrected chi connectivity index (χ1v) is 14.1. The molecule has 244 valence electrons. The SMILES string of the molecule is C.CC1OCC2OC(OC3c4cc5c(cc4CC(C)C3COC=O)OCO5)C(O)C(O)C2O1.COc1cccc(OC)c1O. The molecule has 44 heavy (non-hydrogen) atoms. The number of para-hydroxylation sites is 1. The maximum Gasteiger partial charge on any atom is 0.293 e.